The molecule has 1 aliphatic carbocycles. The molecule has 0 atom stereocenters. The summed E-state index contributed by atoms with van der Waals surface area (Å²) in [4.78, 5) is 8.75. The molecule has 0 amide bonds. The Morgan fingerprint density at radius 2 is 1.80 bits per heavy atom. The molecule has 0 saturated carbocycles. The van der Waals surface area contributed by atoms with Gasteiger partial charge in [0.15, 0.2) is 0 Å². The molecule has 1 aromatic heterocycles. The molecule has 98 valence electrons. The van der Waals surface area contributed by atoms with Gasteiger partial charge in [0.2, 0.25) is 0 Å². The minimum atomic E-state index is -0.391. The Morgan fingerprint density at radius 3 is 2.65 bits per heavy atom. The molecule has 0 radical (unpaired) electrons. The third kappa shape index (κ3) is 1.27. The number of nitrogens with zero attached hydrogens (tertiary/aromatic N) is 2. The van der Waals surface area contributed by atoms with Gasteiger partial charge in [-0.25, -0.2) is 14.4 Å². The molecule has 2 aromatic carbocycles. The molecule has 0 aliphatic heterocycles. The van der Waals surface area contributed by atoms with Gasteiger partial charge in [0.05, 0.1) is 11.2 Å². The quantitative estimate of drug-likeness (QED) is 0.611. The second kappa shape index (κ2) is 3.63. The van der Waals surface area contributed by atoms with Gasteiger partial charge in [-0.2, -0.15) is 0 Å². The van der Waals surface area contributed by atoms with E-state index in [0.29, 0.717) is 0 Å². The van der Waals surface area contributed by atoms with Gasteiger partial charge in [-0.15, -0.1) is 0 Å². The van der Waals surface area contributed by atoms with Crippen LogP contribution in [0.1, 0.15) is 25.0 Å². The minimum Gasteiger partial charge on any atom is -0.236 e. The van der Waals surface area contributed by atoms with Crippen molar-refractivity contribution in [3.05, 3.63) is 59.7 Å². The van der Waals surface area contributed by atoms with Crippen molar-refractivity contribution in [3.8, 4) is 11.3 Å². The third-order valence-corrected chi connectivity index (χ3v) is 4.23. The van der Waals surface area contributed by atoms with E-state index in [9.17, 15) is 4.39 Å². The number of hydrogen-bond acceptors (Lipinski definition) is 2. The lowest BCUT2D eigenvalue weighted by Gasteiger charge is -2.34. The van der Waals surface area contributed by atoms with Gasteiger partial charge in [-0.05, 0) is 17.7 Å². The lowest BCUT2D eigenvalue weighted by atomic mass is 9.70. The van der Waals surface area contributed by atoms with E-state index in [1.54, 1.807) is 12.4 Å². The van der Waals surface area contributed by atoms with E-state index in [1.807, 2.05) is 24.3 Å². The zero-order chi connectivity index (χ0) is 13.9. The molecule has 1 heterocycles. The van der Waals surface area contributed by atoms with Gasteiger partial charge < -0.3 is 0 Å². The topological polar surface area (TPSA) is 25.8 Å². The van der Waals surface area contributed by atoms with Gasteiger partial charge >= 0.3 is 0 Å². The van der Waals surface area contributed by atoms with Crippen molar-refractivity contribution in [2.45, 2.75) is 19.3 Å². The highest BCUT2D eigenvalue weighted by molar-refractivity contribution is 5.99. The van der Waals surface area contributed by atoms with Crippen LogP contribution in [0, 0.1) is 5.82 Å². The third-order valence-electron chi connectivity index (χ3n) is 4.23. The van der Waals surface area contributed by atoms with Gasteiger partial charge in [-0.3, -0.25) is 0 Å². The fraction of sp³-hybridized carbons (Fsp3) is 0.176. The fourth-order valence-corrected chi connectivity index (χ4v) is 3.33. The first-order valence-electron chi connectivity index (χ1n) is 6.64. The Balaban J connectivity index is 2.29. The zero-order valence-corrected chi connectivity index (χ0v) is 11.3. The highest BCUT2D eigenvalue weighted by atomic mass is 19.1. The first kappa shape index (κ1) is 11.5. The monoisotopic (exact) mass is 264 g/mol. The minimum absolute atomic E-state index is 0.172. The number of fused-ring (bicyclic) bond motifs is 2. The Labute approximate surface area is 116 Å². The van der Waals surface area contributed by atoms with Crippen LogP contribution in [0.3, 0.4) is 0 Å². The first-order valence-corrected chi connectivity index (χ1v) is 6.64. The van der Waals surface area contributed by atoms with Crippen LogP contribution in [0.15, 0.2) is 42.7 Å². The molecule has 0 N–H and O–H groups in total. The van der Waals surface area contributed by atoms with Crippen molar-refractivity contribution in [2.24, 2.45) is 0 Å². The molecule has 3 aromatic rings. The lowest BCUT2D eigenvalue weighted by Crippen LogP contribution is -2.25. The predicted octanol–water partition coefficient (Wildman–Crippen LogP) is 4.08. The Kier molecular flexibility index (Phi) is 2.09. The number of rotatable bonds is 0. The van der Waals surface area contributed by atoms with Gasteiger partial charge in [-0.1, -0.05) is 38.1 Å². The maximum Gasteiger partial charge on any atom is 0.127 e. The summed E-state index contributed by atoms with van der Waals surface area (Å²) in [5, 5.41) is 1.04. The summed E-state index contributed by atoms with van der Waals surface area (Å²) >= 11 is 0. The van der Waals surface area contributed by atoms with Crippen molar-refractivity contribution in [1.82, 2.24) is 9.97 Å². The molecule has 2 nitrogen and oxygen atoms in total. The summed E-state index contributed by atoms with van der Waals surface area (Å²) in [6, 6.07) is 11.2. The maximum absolute atomic E-state index is 14.4. The highest BCUT2D eigenvalue weighted by Gasteiger charge is 2.36. The van der Waals surface area contributed by atoms with Gasteiger partial charge in [0.25, 0.3) is 0 Å². The Bertz CT molecular complexity index is 847. The van der Waals surface area contributed by atoms with E-state index >= 15 is 0 Å². The molecule has 0 fully saturated rings. The Morgan fingerprint density at radius 1 is 1.00 bits per heavy atom. The molecule has 20 heavy (non-hydrogen) atoms. The molecular formula is C17H13FN2. The van der Waals surface area contributed by atoms with Crippen LogP contribution in [0.5, 0.6) is 0 Å². The number of hydrogen-bond donors (Lipinski definition) is 0. The molecule has 1 aliphatic rings. The highest BCUT2D eigenvalue weighted by Crippen LogP contribution is 2.47. The molecule has 3 heteroatoms. The normalized spacial score (nSPS) is 15.2. The summed E-state index contributed by atoms with van der Waals surface area (Å²) in [5.74, 6) is -0.172. The van der Waals surface area contributed by atoms with Gasteiger partial charge in [0.1, 0.15) is 12.1 Å². The Hall–Kier alpha value is -2.29. The van der Waals surface area contributed by atoms with Crippen molar-refractivity contribution < 1.29 is 4.39 Å². The van der Waals surface area contributed by atoms with Crippen LogP contribution in [0.2, 0.25) is 0 Å². The summed E-state index contributed by atoms with van der Waals surface area (Å²) in [6.07, 6.45) is 1.55. The van der Waals surface area contributed by atoms with E-state index in [2.05, 4.69) is 23.8 Å². The van der Waals surface area contributed by atoms with Crippen LogP contribution in [0.4, 0.5) is 4.39 Å². The molecule has 0 bridgehead atoms. The predicted molar refractivity (Wildman–Crippen MR) is 77.1 cm³/mol. The number of benzene rings is 2. The van der Waals surface area contributed by atoms with Crippen LogP contribution < -0.4 is 0 Å². The van der Waals surface area contributed by atoms with Crippen molar-refractivity contribution in [1.29, 1.82) is 0 Å². The SMILES string of the molecule is CC1(C)c2c(F)cccc2-c2ncnc3cccc1c23. The van der Waals surface area contributed by atoms with E-state index in [0.717, 1.165) is 33.3 Å². The first-order chi connectivity index (χ1) is 9.60. The van der Waals surface area contributed by atoms with Crippen LogP contribution in [0.25, 0.3) is 22.2 Å². The van der Waals surface area contributed by atoms with Gasteiger partial charge in [0, 0.05) is 21.9 Å². The van der Waals surface area contributed by atoms with Crippen molar-refractivity contribution >= 4 is 10.9 Å². The largest absolute Gasteiger partial charge is 0.236 e. The summed E-state index contributed by atoms with van der Waals surface area (Å²) in [6.45, 7) is 4.11. The number of aromatic nitrogens is 2. The van der Waals surface area contributed by atoms with E-state index < -0.39 is 5.41 Å². The second-order valence-electron chi connectivity index (χ2n) is 5.71. The molecule has 0 unspecified atom stereocenters. The van der Waals surface area contributed by atoms with Crippen LogP contribution >= 0.6 is 0 Å². The van der Waals surface area contributed by atoms with Crippen LogP contribution in [-0.2, 0) is 5.41 Å². The van der Waals surface area contributed by atoms with Crippen molar-refractivity contribution in [3.63, 3.8) is 0 Å². The van der Waals surface area contributed by atoms with Crippen LogP contribution in [-0.4, -0.2) is 9.97 Å². The maximum atomic E-state index is 14.4. The standard InChI is InChI=1S/C17H13FN2/c1-17(2)11-6-4-8-13-14(11)16(20-9-19-13)10-5-3-7-12(18)15(10)17/h3-9H,1-2H3. The molecular weight excluding hydrogens is 251 g/mol. The molecule has 4 rings (SSSR count). The summed E-state index contributed by atoms with van der Waals surface area (Å²) < 4.78 is 14.4. The fourth-order valence-electron chi connectivity index (χ4n) is 3.33. The smallest absolute Gasteiger partial charge is 0.127 e. The summed E-state index contributed by atoms with van der Waals surface area (Å²) in [5.41, 5.74) is 4.04. The number of halogens is 1. The van der Waals surface area contributed by atoms with E-state index in [4.69, 9.17) is 0 Å². The molecule has 0 saturated heterocycles. The zero-order valence-electron chi connectivity index (χ0n) is 11.3. The lowest BCUT2D eigenvalue weighted by molar-refractivity contribution is 0.549. The van der Waals surface area contributed by atoms with E-state index in [1.165, 1.54) is 6.07 Å². The average molecular weight is 264 g/mol. The second-order valence-corrected chi connectivity index (χ2v) is 5.71. The van der Waals surface area contributed by atoms with E-state index in [-0.39, 0.29) is 5.82 Å². The summed E-state index contributed by atoms with van der Waals surface area (Å²) in [7, 11) is 0. The average Bonchev–Trinajstić information content (AvgIpc) is 2.44. The molecule has 0 spiro atoms. The van der Waals surface area contributed by atoms with Crippen molar-refractivity contribution in [2.75, 3.05) is 0 Å².